The minimum atomic E-state index is -3.47. The molecule has 1 fully saturated rings. The van der Waals surface area contributed by atoms with Gasteiger partial charge in [0.05, 0.1) is 9.92 Å². The fraction of sp³-hybridized carbons (Fsp3) is 0.294. The molecule has 0 radical (unpaired) electrons. The highest BCUT2D eigenvalue weighted by Crippen LogP contribution is 2.29. The van der Waals surface area contributed by atoms with E-state index in [-0.39, 0.29) is 17.3 Å². The molecule has 0 aliphatic carbocycles. The number of para-hydroxylation sites is 1. The lowest BCUT2D eigenvalue weighted by atomic mass is 10.3. The zero-order valence-corrected chi connectivity index (χ0v) is 15.9. The van der Waals surface area contributed by atoms with Crippen molar-refractivity contribution in [1.82, 2.24) is 9.62 Å². The molecule has 136 valence electrons. The van der Waals surface area contributed by atoms with Crippen LogP contribution >= 0.6 is 24.0 Å². The first-order valence-electron chi connectivity index (χ1n) is 7.81. The summed E-state index contributed by atoms with van der Waals surface area (Å²) in [6.07, 6.45) is 0.812. The molecule has 0 spiro atoms. The van der Waals surface area contributed by atoms with Crippen LogP contribution in [-0.4, -0.2) is 38.9 Å². The summed E-state index contributed by atoms with van der Waals surface area (Å²) in [5.74, 6) is 1.08. The van der Waals surface area contributed by atoms with Crippen molar-refractivity contribution in [2.24, 2.45) is 0 Å². The fourth-order valence-electron chi connectivity index (χ4n) is 2.54. The molecule has 2 aromatic rings. The molecule has 2 aromatic carbocycles. The molecule has 5 nitrogen and oxygen atoms in total. The Bertz CT molecular complexity index is 790. The number of nitrogens with one attached hydrogen (secondary N) is 1. The molecule has 1 aliphatic heterocycles. The summed E-state index contributed by atoms with van der Waals surface area (Å²) in [7, 11) is -3.47. The van der Waals surface area contributed by atoms with E-state index in [9.17, 15) is 8.42 Å². The number of sulfonamides is 1. The quantitative estimate of drug-likeness (QED) is 0.849. The van der Waals surface area contributed by atoms with E-state index in [2.05, 4.69) is 5.32 Å². The van der Waals surface area contributed by atoms with Crippen LogP contribution in [0.2, 0.25) is 5.02 Å². The number of ether oxygens (including phenoxy) is 1. The maximum atomic E-state index is 12.7. The molecular weight excluding hydrogens is 383 g/mol. The van der Waals surface area contributed by atoms with E-state index in [1.165, 1.54) is 4.31 Å². The van der Waals surface area contributed by atoms with Crippen LogP contribution < -0.4 is 10.1 Å². The van der Waals surface area contributed by atoms with Crippen molar-refractivity contribution >= 4 is 34.0 Å². The Hall–Kier alpha value is -1.31. The highest BCUT2D eigenvalue weighted by Gasteiger charge is 2.24. The van der Waals surface area contributed by atoms with Gasteiger partial charge in [-0.25, -0.2) is 8.42 Å². The second-order valence-corrected chi connectivity index (χ2v) is 7.86. The van der Waals surface area contributed by atoms with Gasteiger partial charge in [-0.15, -0.1) is 12.4 Å². The Morgan fingerprint density at radius 1 is 1.00 bits per heavy atom. The molecule has 1 heterocycles. The molecule has 0 amide bonds. The van der Waals surface area contributed by atoms with Crippen LogP contribution in [0.3, 0.4) is 0 Å². The fourth-order valence-corrected chi connectivity index (χ4v) is 4.20. The SMILES string of the molecule is Cl.O=S(=O)(c1ccc(Oc2ccccc2Cl)cc1)N1CCCNCC1. The lowest BCUT2D eigenvalue weighted by Crippen LogP contribution is -2.34. The third-order valence-electron chi connectivity index (χ3n) is 3.83. The van der Waals surface area contributed by atoms with Gasteiger partial charge in [0.15, 0.2) is 0 Å². The lowest BCUT2D eigenvalue weighted by Gasteiger charge is -2.19. The monoisotopic (exact) mass is 402 g/mol. The lowest BCUT2D eigenvalue weighted by molar-refractivity contribution is 0.431. The molecule has 1 N–H and O–H groups in total. The van der Waals surface area contributed by atoms with Gasteiger partial charge >= 0.3 is 0 Å². The maximum Gasteiger partial charge on any atom is 0.243 e. The van der Waals surface area contributed by atoms with Crippen molar-refractivity contribution in [1.29, 1.82) is 0 Å². The van der Waals surface area contributed by atoms with E-state index in [1.807, 2.05) is 12.1 Å². The first kappa shape index (κ1) is 20.0. The standard InChI is InChI=1S/C17H19ClN2O3S.ClH/c18-16-4-1-2-5-17(16)23-14-6-8-15(9-7-14)24(21,22)20-12-3-10-19-11-13-20;/h1-2,4-9,19H,3,10-13H2;1H. The van der Waals surface area contributed by atoms with E-state index < -0.39 is 10.0 Å². The van der Waals surface area contributed by atoms with Gasteiger partial charge in [0.2, 0.25) is 10.0 Å². The van der Waals surface area contributed by atoms with Gasteiger partial charge in [0, 0.05) is 19.6 Å². The first-order valence-corrected chi connectivity index (χ1v) is 9.62. The van der Waals surface area contributed by atoms with E-state index in [0.717, 1.165) is 13.0 Å². The topological polar surface area (TPSA) is 58.6 Å². The van der Waals surface area contributed by atoms with Crippen molar-refractivity contribution in [2.45, 2.75) is 11.3 Å². The molecule has 0 unspecified atom stereocenters. The van der Waals surface area contributed by atoms with Crippen molar-refractivity contribution in [3.8, 4) is 11.5 Å². The molecule has 0 aromatic heterocycles. The van der Waals surface area contributed by atoms with Crippen LogP contribution in [0.1, 0.15) is 6.42 Å². The zero-order valence-electron chi connectivity index (χ0n) is 13.5. The summed E-state index contributed by atoms with van der Waals surface area (Å²) >= 11 is 6.06. The largest absolute Gasteiger partial charge is 0.456 e. The van der Waals surface area contributed by atoms with Crippen LogP contribution in [0, 0.1) is 0 Å². The summed E-state index contributed by atoms with van der Waals surface area (Å²) in [4.78, 5) is 0.274. The van der Waals surface area contributed by atoms with Crippen molar-refractivity contribution < 1.29 is 13.2 Å². The molecular formula is C17H20Cl2N2O3S. The van der Waals surface area contributed by atoms with Gasteiger partial charge in [0.1, 0.15) is 11.5 Å². The summed E-state index contributed by atoms with van der Waals surface area (Å²) in [6, 6.07) is 13.6. The van der Waals surface area contributed by atoms with E-state index in [1.54, 1.807) is 36.4 Å². The molecule has 8 heteroatoms. The number of benzene rings is 2. The summed E-state index contributed by atoms with van der Waals surface area (Å²) in [6.45, 7) is 2.54. The van der Waals surface area contributed by atoms with E-state index in [4.69, 9.17) is 16.3 Å². The summed E-state index contributed by atoms with van der Waals surface area (Å²) in [5, 5.41) is 3.71. The van der Waals surface area contributed by atoms with Crippen LogP contribution in [0.15, 0.2) is 53.4 Å². The molecule has 0 bridgehead atoms. The average molecular weight is 403 g/mol. The van der Waals surface area contributed by atoms with E-state index in [0.29, 0.717) is 36.2 Å². The molecule has 1 aliphatic rings. The predicted octanol–water partition coefficient (Wildman–Crippen LogP) is 3.54. The van der Waals surface area contributed by atoms with Gasteiger partial charge in [-0.1, -0.05) is 23.7 Å². The van der Waals surface area contributed by atoms with Gasteiger partial charge in [0.25, 0.3) is 0 Å². The third kappa shape index (κ3) is 4.86. The Balaban J connectivity index is 0.00000225. The predicted molar refractivity (Wildman–Crippen MR) is 101 cm³/mol. The number of hydrogen-bond donors (Lipinski definition) is 1. The minimum Gasteiger partial charge on any atom is -0.456 e. The number of rotatable bonds is 4. The van der Waals surface area contributed by atoms with Gasteiger partial charge in [-0.3, -0.25) is 0 Å². The second kappa shape index (κ2) is 8.87. The Kier molecular flexibility index (Phi) is 7.10. The smallest absolute Gasteiger partial charge is 0.243 e. The first-order chi connectivity index (χ1) is 11.6. The molecule has 0 atom stereocenters. The molecule has 3 rings (SSSR count). The Labute approximate surface area is 159 Å². The van der Waals surface area contributed by atoms with Crippen LogP contribution in [-0.2, 0) is 10.0 Å². The molecule has 25 heavy (non-hydrogen) atoms. The summed E-state index contributed by atoms with van der Waals surface area (Å²) < 4.78 is 32.6. The minimum absolute atomic E-state index is 0. The van der Waals surface area contributed by atoms with Crippen molar-refractivity contribution in [3.63, 3.8) is 0 Å². The second-order valence-electron chi connectivity index (χ2n) is 5.51. The van der Waals surface area contributed by atoms with Gasteiger partial charge in [-0.2, -0.15) is 4.31 Å². The molecule has 1 saturated heterocycles. The van der Waals surface area contributed by atoms with Gasteiger partial charge in [-0.05, 0) is 49.4 Å². The Morgan fingerprint density at radius 2 is 1.72 bits per heavy atom. The number of halogens is 2. The number of nitrogens with zero attached hydrogens (tertiary/aromatic N) is 1. The van der Waals surface area contributed by atoms with Crippen LogP contribution in [0.25, 0.3) is 0 Å². The number of hydrogen-bond acceptors (Lipinski definition) is 4. The van der Waals surface area contributed by atoms with Crippen molar-refractivity contribution in [2.75, 3.05) is 26.2 Å². The van der Waals surface area contributed by atoms with Crippen molar-refractivity contribution in [3.05, 3.63) is 53.6 Å². The third-order valence-corrected chi connectivity index (χ3v) is 6.05. The van der Waals surface area contributed by atoms with Crippen LogP contribution in [0.4, 0.5) is 0 Å². The maximum absolute atomic E-state index is 12.7. The van der Waals surface area contributed by atoms with Crippen LogP contribution in [0.5, 0.6) is 11.5 Å². The highest BCUT2D eigenvalue weighted by atomic mass is 35.5. The Morgan fingerprint density at radius 3 is 2.44 bits per heavy atom. The normalized spacial score (nSPS) is 15.9. The van der Waals surface area contributed by atoms with E-state index >= 15 is 0 Å². The molecule has 0 saturated carbocycles. The van der Waals surface area contributed by atoms with Gasteiger partial charge < -0.3 is 10.1 Å². The highest BCUT2D eigenvalue weighted by molar-refractivity contribution is 7.89. The summed E-state index contributed by atoms with van der Waals surface area (Å²) in [5.41, 5.74) is 0. The zero-order chi connectivity index (χ0) is 17.0. The average Bonchev–Trinajstić information content (AvgIpc) is 2.87.